The molecule has 3 rings (SSSR count). The minimum atomic E-state index is -1.36. The average molecular weight is 857 g/mol. The van der Waals surface area contributed by atoms with Gasteiger partial charge in [0.1, 0.15) is 25.6 Å². The molecule has 2 aromatic carbocycles. The highest BCUT2D eigenvalue weighted by Gasteiger charge is 2.36. The highest BCUT2D eigenvalue weighted by molar-refractivity contribution is 5.88. The Kier molecular flexibility index (Phi) is 21.4. The number of benzene rings is 2. The number of hydrogen-bond acceptors (Lipinski definition) is 10. The second-order valence-corrected chi connectivity index (χ2v) is 17.3. The number of rotatable bonds is 27. The summed E-state index contributed by atoms with van der Waals surface area (Å²) in [5, 5.41) is 10.8. The van der Waals surface area contributed by atoms with Crippen molar-refractivity contribution in [2.24, 2.45) is 11.3 Å². The van der Waals surface area contributed by atoms with Gasteiger partial charge in [-0.25, -0.2) is 19.2 Å². The van der Waals surface area contributed by atoms with Crippen LogP contribution in [0, 0.1) is 11.3 Å². The number of aliphatic hydroxyl groups is 1. The maximum absolute atomic E-state index is 12.6. The van der Waals surface area contributed by atoms with Crippen molar-refractivity contribution in [2.75, 3.05) is 39.6 Å². The van der Waals surface area contributed by atoms with Crippen LogP contribution in [0.3, 0.4) is 0 Å². The molecule has 1 aliphatic carbocycles. The van der Waals surface area contributed by atoms with Crippen molar-refractivity contribution >= 4 is 23.9 Å². The van der Waals surface area contributed by atoms with E-state index in [9.17, 15) is 24.3 Å². The lowest BCUT2D eigenvalue weighted by molar-refractivity contribution is -0.153. The van der Waals surface area contributed by atoms with E-state index >= 15 is 0 Å². The summed E-state index contributed by atoms with van der Waals surface area (Å²) in [6, 6.07) is 11.1. The molecule has 10 nitrogen and oxygen atoms in total. The second kappa shape index (κ2) is 25.8. The largest absolute Gasteiger partial charge is 0.492 e. The van der Waals surface area contributed by atoms with E-state index in [4.69, 9.17) is 23.7 Å². The maximum atomic E-state index is 12.6. The van der Waals surface area contributed by atoms with E-state index in [-0.39, 0.29) is 44.2 Å². The Bertz CT molecular complexity index is 1810. The van der Waals surface area contributed by atoms with E-state index in [2.05, 4.69) is 70.5 Å². The topological polar surface area (TPSA) is 135 Å². The van der Waals surface area contributed by atoms with Crippen molar-refractivity contribution in [2.45, 2.75) is 131 Å². The zero-order valence-electron chi connectivity index (χ0n) is 38.4. The molecule has 0 unspecified atom stereocenters. The third kappa shape index (κ3) is 16.1. The predicted octanol–water partition coefficient (Wildman–Crippen LogP) is 10.5. The lowest BCUT2D eigenvalue weighted by atomic mass is 9.76. The van der Waals surface area contributed by atoms with E-state index < -0.39 is 35.9 Å². The Balaban J connectivity index is 2.11. The van der Waals surface area contributed by atoms with Crippen LogP contribution in [0.15, 0.2) is 78.9 Å². The van der Waals surface area contributed by atoms with Crippen LogP contribution in [0.25, 0.3) is 11.1 Å². The molecule has 1 aliphatic rings. The SMILES string of the molecule is C=C(C)C(=O)OCCCc1cc(-c2ccc(C3CCC(CCCCC)CC3)cc2CC)cc(CCCOC(=O)C(=C)C)c1OCC(CO)(COC(=O)C(=C)C)COC(=O)C(=C)C. The Morgan fingerprint density at radius 3 is 1.60 bits per heavy atom. The van der Waals surface area contributed by atoms with Crippen LogP contribution in [0.5, 0.6) is 5.75 Å². The van der Waals surface area contributed by atoms with E-state index in [0.29, 0.717) is 48.5 Å². The number of ether oxygens (including phenoxy) is 5. The van der Waals surface area contributed by atoms with Gasteiger partial charge in [0.2, 0.25) is 0 Å². The van der Waals surface area contributed by atoms with Crippen molar-refractivity contribution in [1.82, 2.24) is 0 Å². The van der Waals surface area contributed by atoms with Crippen molar-refractivity contribution in [3.63, 3.8) is 0 Å². The number of esters is 4. The summed E-state index contributed by atoms with van der Waals surface area (Å²) < 4.78 is 28.7. The maximum Gasteiger partial charge on any atom is 0.333 e. The lowest BCUT2D eigenvalue weighted by Gasteiger charge is -2.32. The third-order valence-electron chi connectivity index (χ3n) is 11.5. The summed E-state index contributed by atoms with van der Waals surface area (Å²) in [5.41, 5.74) is 5.94. The molecule has 0 radical (unpaired) electrons. The first-order valence-electron chi connectivity index (χ1n) is 22.4. The van der Waals surface area contributed by atoms with Gasteiger partial charge in [-0.3, -0.25) is 0 Å². The van der Waals surface area contributed by atoms with Gasteiger partial charge in [-0.2, -0.15) is 0 Å². The van der Waals surface area contributed by atoms with Crippen molar-refractivity contribution in [3.05, 3.63) is 101 Å². The fourth-order valence-electron chi connectivity index (χ4n) is 7.65. The molecular weight excluding hydrogens is 785 g/mol. The molecule has 0 atom stereocenters. The third-order valence-corrected chi connectivity index (χ3v) is 11.5. The van der Waals surface area contributed by atoms with Gasteiger partial charge in [0.25, 0.3) is 0 Å². The quantitative estimate of drug-likeness (QED) is 0.0400. The van der Waals surface area contributed by atoms with Crippen LogP contribution in [-0.4, -0.2) is 68.6 Å². The van der Waals surface area contributed by atoms with E-state index in [1.54, 1.807) is 13.8 Å². The number of aliphatic hydroxyl groups excluding tert-OH is 1. The lowest BCUT2D eigenvalue weighted by Crippen LogP contribution is -2.43. The standard InChI is InChI=1S/C52H72O10/c1-11-13-14-17-39-20-22-41(23-21-39)42-24-25-46(40(12-2)28-42)45-29-43(18-15-26-58-48(54)35(3)4)47(44(30-45)19-16-27-59-49(55)36(5)6)60-32-52(31-53,33-61-50(56)37(7)8)34-62-51(57)38(9)10/h24-25,28-30,39,41,53H,3,5,7,9,11-23,26-27,31-34H2,1-2,4,6,8,10H3. The molecule has 0 saturated heterocycles. The Morgan fingerprint density at radius 2 is 1.15 bits per heavy atom. The first-order chi connectivity index (χ1) is 29.5. The molecule has 62 heavy (non-hydrogen) atoms. The number of hydrogen-bond donors (Lipinski definition) is 1. The van der Waals surface area contributed by atoms with Crippen LogP contribution in [-0.2, 0) is 57.4 Å². The van der Waals surface area contributed by atoms with E-state index in [1.807, 2.05) is 0 Å². The summed E-state index contributed by atoms with van der Waals surface area (Å²) in [6.07, 6.45) is 12.9. The summed E-state index contributed by atoms with van der Waals surface area (Å²) in [4.78, 5) is 49.7. The molecule has 0 amide bonds. The molecule has 0 aromatic heterocycles. The van der Waals surface area contributed by atoms with E-state index in [1.165, 1.54) is 76.3 Å². The van der Waals surface area contributed by atoms with Gasteiger partial charge in [0, 0.05) is 22.3 Å². The molecule has 0 spiro atoms. The number of unbranched alkanes of at least 4 members (excludes halogenated alkanes) is 2. The smallest absolute Gasteiger partial charge is 0.333 e. The molecule has 0 bridgehead atoms. The monoisotopic (exact) mass is 857 g/mol. The number of aryl methyl sites for hydroxylation is 3. The van der Waals surface area contributed by atoms with Gasteiger partial charge < -0.3 is 28.8 Å². The molecule has 1 fully saturated rings. The van der Waals surface area contributed by atoms with Gasteiger partial charge in [0.15, 0.2) is 0 Å². The highest BCUT2D eigenvalue weighted by Crippen LogP contribution is 2.41. The number of carbonyl (C=O) groups is 4. The van der Waals surface area contributed by atoms with Crippen LogP contribution in [0.4, 0.5) is 0 Å². The fourth-order valence-corrected chi connectivity index (χ4v) is 7.65. The Morgan fingerprint density at radius 1 is 0.645 bits per heavy atom. The van der Waals surface area contributed by atoms with Gasteiger partial charge in [-0.15, -0.1) is 0 Å². The molecule has 1 N–H and O–H groups in total. The van der Waals surface area contributed by atoms with Gasteiger partial charge in [-0.1, -0.05) is 84.0 Å². The van der Waals surface area contributed by atoms with Crippen LogP contribution < -0.4 is 4.74 Å². The summed E-state index contributed by atoms with van der Waals surface area (Å²) >= 11 is 0. The number of carbonyl (C=O) groups excluding carboxylic acids is 4. The van der Waals surface area contributed by atoms with Crippen LogP contribution in [0.2, 0.25) is 0 Å². The van der Waals surface area contributed by atoms with E-state index in [0.717, 1.165) is 34.6 Å². The first-order valence-corrected chi connectivity index (χ1v) is 22.4. The van der Waals surface area contributed by atoms with Crippen LogP contribution in [0.1, 0.15) is 134 Å². The Hall–Kier alpha value is -4.96. The molecule has 340 valence electrons. The van der Waals surface area contributed by atoms with Crippen LogP contribution >= 0.6 is 0 Å². The minimum absolute atomic E-state index is 0.144. The average Bonchev–Trinajstić information content (AvgIpc) is 3.26. The Labute approximate surface area is 370 Å². The van der Waals surface area contributed by atoms with Gasteiger partial charge >= 0.3 is 23.9 Å². The highest BCUT2D eigenvalue weighted by atomic mass is 16.6. The minimum Gasteiger partial charge on any atom is -0.492 e. The van der Waals surface area contributed by atoms with Crippen molar-refractivity contribution < 1.29 is 48.0 Å². The zero-order valence-corrected chi connectivity index (χ0v) is 38.4. The summed E-state index contributed by atoms with van der Waals surface area (Å²) in [5.74, 6) is -0.388. The molecule has 1 saturated carbocycles. The van der Waals surface area contributed by atoms with Crippen molar-refractivity contribution in [3.8, 4) is 16.9 Å². The summed E-state index contributed by atoms with van der Waals surface area (Å²) in [6.45, 7) is 24.2. The molecular formula is C52H72O10. The molecule has 2 aromatic rings. The predicted molar refractivity (Wildman–Crippen MR) is 245 cm³/mol. The van der Waals surface area contributed by atoms with Crippen molar-refractivity contribution in [1.29, 1.82) is 0 Å². The molecule has 0 heterocycles. The second-order valence-electron chi connectivity index (χ2n) is 17.3. The van der Waals surface area contributed by atoms with Gasteiger partial charge in [-0.05, 0) is 143 Å². The summed E-state index contributed by atoms with van der Waals surface area (Å²) in [7, 11) is 0. The normalized spacial score (nSPS) is 15.0. The fraction of sp³-hybridized carbons (Fsp3) is 0.538. The first kappa shape index (κ1) is 51.4. The molecule has 0 aliphatic heterocycles. The van der Waals surface area contributed by atoms with Gasteiger partial charge in [0.05, 0.1) is 25.2 Å². The zero-order chi connectivity index (χ0) is 45.8. The molecule has 10 heteroatoms.